The highest BCUT2D eigenvalue weighted by atomic mass is 16.2. The molecule has 8 heteroatoms. The van der Waals surface area contributed by atoms with Crippen LogP contribution in [0.4, 0.5) is 11.5 Å². The van der Waals surface area contributed by atoms with Gasteiger partial charge in [-0.25, -0.2) is 4.98 Å². The molecule has 3 heterocycles. The van der Waals surface area contributed by atoms with Crippen molar-refractivity contribution in [3.05, 3.63) is 60.3 Å². The summed E-state index contributed by atoms with van der Waals surface area (Å²) >= 11 is 0. The zero-order valence-electron chi connectivity index (χ0n) is 16.5. The molecule has 30 heavy (non-hydrogen) atoms. The third kappa shape index (κ3) is 3.76. The van der Waals surface area contributed by atoms with E-state index in [2.05, 4.69) is 16.9 Å². The number of benzene rings is 1. The molecule has 2 aliphatic heterocycles. The summed E-state index contributed by atoms with van der Waals surface area (Å²) in [7, 11) is 0. The zero-order valence-corrected chi connectivity index (χ0v) is 16.5. The molecule has 0 spiro atoms. The number of amides is 3. The van der Waals surface area contributed by atoms with Crippen molar-refractivity contribution in [2.75, 3.05) is 29.9 Å². The summed E-state index contributed by atoms with van der Waals surface area (Å²) in [6, 6.07) is 10.7. The van der Waals surface area contributed by atoms with Gasteiger partial charge < -0.3 is 16.0 Å². The predicted octanol–water partition coefficient (Wildman–Crippen LogP) is 1.85. The van der Waals surface area contributed by atoms with Crippen molar-refractivity contribution < 1.29 is 14.4 Å². The van der Waals surface area contributed by atoms with Crippen LogP contribution in [0.2, 0.25) is 0 Å². The van der Waals surface area contributed by atoms with Crippen LogP contribution in [0.15, 0.2) is 49.2 Å². The molecule has 3 N–H and O–H groups in total. The summed E-state index contributed by atoms with van der Waals surface area (Å²) in [6.07, 6.45) is 3.24. The molecule has 1 fully saturated rings. The van der Waals surface area contributed by atoms with E-state index in [1.165, 1.54) is 4.90 Å². The molecule has 4 rings (SSSR count). The average molecular weight is 405 g/mol. The molecule has 1 aromatic heterocycles. The minimum Gasteiger partial charge on any atom is -0.369 e. The van der Waals surface area contributed by atoms with E-state index in [0.717, 1.165) is 30.8 Å². The van der Waals surface area contributed by atoms with E-state index in [0.29, 0.717) is 23.5 Å². The fourth-order valence-electron chi connectivity index (χ4n) is 3.91. The van der Waals surface area contributed by atoms with E-state index < -0.39 is 0 Å². The third-order valence-corrected chi connectivity index (χ3v) is 5.52. The molecular formula is C22H23N5O3. The highest BCUT2D eigenvalue weighted by Gasteiger charge is 2.32. The molecular weight excluding hydrogens is 382 g/mol. The van der Waals surface area contributed by atoms with E-state index in [-0.39, 0.29) is 30.2 Å². The van der Waals surface area contributed by atoms with Gasteiger partial charge in [-0.15, -0.1) is 0 Å². The molecule has 1 saturated heterocycles. The van der Waals surface area contributed by atoms with Crippen LogP contribution in [0.25, 0.3) is 5.70 Å². The van der Waals surface area contributed by atoms with E-state index >= 15 is 0 Å². The number of piperidine rings is 1. The van der Waals surface area contributed by atoms with E-state index in [9.17, 15) is 14.4 Å². The monoisotopic (exact) mass is 405 g/mol. The van der Waals surface area contributed by atoms with Crippen LogP contribution in [0.3, 0.4) is 0 Å². The lowest BCUT2D eigenvalue weighted by atomic mass is 9.97. The minimum absolute atomic E-state index is 0.124. The van der Waals surface area contributed by atoms with E-state index in [4.69, 9.17) is 5.73 Å². The number of hydrogen-bond donors (Lipinski definition) is 2. The van der Waals surface area contributed by atoms with Crippen LogP contribution in [0.1, 0.15) is 28.8 Å². The molecule has 2 aromatic rings. The molecule has 0 aliphatic carbocycles. The molecule has 0 saturated carbocycles. The quantitative estimate of drug-likeness (QED) is 0.789. The molecule has 2 aliphatic rings. The minimum atomic E-state index is -0.335. The van der Waals surface area contributed by atoms with Crippen LogP contribution in [-0.2, 0) is 9.59 Å². The summed E-state index contributed by atoms with van der Waals surface area (Å²) in [5.74, 6) is -0.289. The Morgan fingerprint density at radius 2 is 1.97 bits per heavy atom. The molecule has 3 amide bonds. The van der Waals surface area contributed by atoms with Gasteiger partial charge in [-0.05, 0) is 31.0 Å². The van der Waals surface area contributed by atoms with Gasteiger partial charge in [-0.1, -0.05) is 24.8 Å². The molecule has 1 aromatic carbocycles. The van der Waals surface area contributed by atoms with Gasteiger partial charge in [-0.2, -0.15) is 0 Å². The van der Waals surface area contributed by atoms with Gasteiger partial charge in [0.2, 0.25) is 11.8 Å². The number of pyridine rings is 1. The summed E-state index contributed by atoms with van der Waals surface area (Å²) in [5.41, 5.74) is 7.78. The van der Waals surface area contributed by atoms with Gasteiger partial charge in [0.25, 0.3) is 5.91 Å². The predicted molar refractivity (Wildman–Crippen MR) is 114 cm³/mol. The number of nitrogens with one attached hydrogen (secondary N) is 1. The maximum atomic E-state index is 12.5. The molecule has 8 nitrogen and oxygen atoms in total. The Kier molecular flexibility index (Phi) is 5.22. The number of nitrogens with two attached hydrogens (primary N) is 1. The Morgan fingerprint density at radius 1 is 1.20 bits per heavy atom. The molecule has 154 valence electrons. The summed E-state index contributed by atoms with van der Waals surface area (Å²) < 4.78 is 0. The second kappa shape index (κ2) is 7.98. The smallest absolute Gasteiger partial charge is 0.259 e. The first-order valence-electron chi connectivity index (χ1n) is 9.84. The molecule has 0 radical (unpaired) electrons. The lowest BCUT2D eigenvalue weighted by molar-refractivity contribution is -0.122. The van der Waals surface area contributed by atoms with Crippen LogP contribution in [0, 0.1) is 5.92 Å². The van der Waals surface area contributed by atoms with Crippen molar-refractivity contribution in [2.45, 2.75) is 12.8 Å². The van der Waals surface area contributed by atoms with Crippen LogP contribution < -0.4 is 16.0 Å². The van der Waals surface area contributed by atoms with Crippen molar-refractivity contribution in [1.29, 1.82) is 0 Å². The van der Waals surface area contributed by atoms with Gasteiger partial charge in [0.1, 0.15) is 12.4 Å². The van der Waals surface area contributed by atoms with E-state index in [1.807, 2.05) is 17.0 Å². The normalized spacial score (nSPS) is 18.3. The number of hydrogen-bond acceptors (Lipinski definition) is 5. The third-order valence-electron chi connectivity index (χ3n) is 5.52. The largest absolute Gasteiger partial charge is 0.369 e. The van der Waals surface area contributed by atoms with Gasteiger partial charge in [-0.3, -0.25) is 19.3 Å². The number of aromatic nitrogens is 1. The van der Waals surface area contributed by atoms with Crippen LogP contribution >= 0.6 is 0 Å². The Hall–Kier alpha value is -3.68. The Labute approximate surface area is 174 Å². The van der Waals surface area contributed by atoms with Gasteiger partial charge in [0.15, 0.2) is 0 Å². The van der Waals surface area contributed by atoms with Crippen molar-refractivity contribution >= 4 is 34.9 Å². The maximum Gasteiger partial charge on any atom is 0.259 e. The summed E-state index contributed by atoms with van der Waals surface area (Å²) in [4.78, 5) is 44.3. The molecule has 1 unspecified atom stereocenters. The first kappa shape index (κ1) is 19.6. The highest BCUT2D eigenvalue weighted by molar-refractivity contribution is 6.11. The first-order valence-corrected chi connectivity index (χ1v) is 9.84. The second-order valence-corrected chi connectivity index (χ2v) is 7.52. The lowest BCUT2D eigenvalue weighted by Gasteiger charge is -2.32. The lowest BCUT2D eigenvalue weighted by Crippen LogP contribution is -2.41. The zero-order chi connectivity index (χ0) is 21.3. The van der Waals surface area contributed by atoms with Gasteiger partial charge in [0, 0.05) is 29.9 Å². The number of rotatable bonds is 5. The first-order chi connectivity index (χ1) is 14.4. The number of carbonyl (C=O) groups is 3. The van der Waals surface area contributed by atoms with Crippen molar-refractivity contribution in [1.82, 2.24) is 9.88 Å². The van der Waals surface area contributed by atoms with E-state index in [1.54, 1.807) is 30.5 Å². The van der Waals surface area contributed by atoms with Gasteiger partial charge in [0.05, 0.1) is 17.8 Å². The molecule has 1 atom stereocenters. The van der Waals surface area contributed by atoms with Gasteiger partial charge >= 0.3 is 0 Å². The number of carbonyl (C=O) groups excluding carboxylic acids is 3. The summed E-state index contributed by atoms with van der Waals surface area (Å²) in [5, 5.41) is 2.76. The molecule has 0 bridgehead atoms. The fourth-order valence-corrected chi connectivity index (χ4v) is 3.91. The number of fused-ring (bicyclic) bond motifs is 1. The highest BCUT2D eigenvalue weighted by Crippen LogP contribution is 2.31. The number of anilines is 2. The van der Waals surface area contributed by atoms with Crippen molar-refractivity contribution in [2.24, 2.45) is 11.7 Å². The SMILES string of the molecule is C=C1c2ccccc2C(=O)N1CC(=O)Nc1ccc(N2CCCC(C(N)=O)C2)nc1. The second-order valence-electron chi connectivity index (χ2n) is 7.52. The van der Waals surface area contributed by atoms with Crippen molar-refractivity contribution in [3.8, 4) is 0 Å². The average Bonchev–Trinajstić information content (AvgIpc) is 2.99. The Morgan fingerprint density at radius 3 is 2.63 bits per heavy atom. The number of nitrogens with zero attached hydrogens (tertiary/aromatic N) is 3. The number of primary amides is 1. The Balaban J connectivity index is 1.37. The van der Waals surface area contributed by atoms with Crippen LogP contribution in [0.5, 0.6) is 0 Å². The fraction of sp³-hybridized carbons (Fsp3) is 0.273. The standard InChI is InChI=1S/C22H23N5O3/c1-14-17-6-2-3-7-18(17)22(30)27(14)13-20(28)25-16-8-9-19(24-11-16)26-10-4-5-15(12-26)21(23)29/h2-3,6-9,11,15H,1,4-5,10,12-13H2,(H2,23,29)(H,25,28). The Bertz CT molecular complexity index is 983. The topological polar surface area (TPSA) is 109 Å². The summed E-state index contributed by atoms with van der Waals surface area (Å²) in [6.45, 7) is 5.18. The maximum absolute atomic E-state index is 12.5. The van der Waals surface area contributed by atoms with Crippen LogP contribution in [-0.4, -0.2) is 47.2 Å². The van der Waals surface area contributed by atoms with Crippen molar-refractivity contribution in [3.63, 3.8) is 0 Å².